The fraction of sp³-hybridized carbons (Fsp3) is 0.133. The van der Waals surface area contributed by atoms with Crippen LogP contribution in [0.25, 0.3) is 20.8 Å². The number of ether oxygens (including phenoxy) is 1. The van der Waals surface area contributed by atoms with Crippen LogP contribution in [0, 0.1) is 17.0 Å². The number of nitro groups is 1. The number of rotatable bonds is 3. The van der Waals surface area contributed by atoms with Crippen LogP contribution in [0.3, 0.4) is 0 Å². The van der Waals surface area contributed by atoms with Crippen LogP contribution in [-0.4, -0.2) is 17.0 Å². The number of aromatic nitrogens is 1. The van der Waals surface area contributed by atoms with Gasteiger partial charge in [0.2, 0.25) is 0 Å². The number of methoxy groups -OCH3 is 1. The molecule has 0 unspecified atom stereocenters. The van der Waals surface area contributed by atoms with Crippen molar-refractivity contribution in [3.8, 4) is 16.3 Å². The summed E-state index contributed by atoms with van der Waals surface area (Å²) in [5, 5.41) is 11.7. The molecule has 0 fully saturated rings. The van der Waals surface area contributed by atoms with Crippen molar-refractivity contribution in [3.05, 3.63) is 52.1 Å². The summed E-state index contributed by atoms with van der Waals surface area (Å²) in [4.78, 5) is 15.0. The maximum atomic E-state index is 10.9. The smallest absolute Gasteiger partial charge is 0.310 e. The molecule has 1 heterocycles. The van der Waals surface area contributed by atoms with Crippen molar-refractivity contribution >= 4 is 27.2 Å². The number of nitrogens with zero attached hydrogens (tertiary/aromatic N) is 2. The second-order valence-corrected chi connectivity index (χ2v) is 5.66. The molecular formula is C15H12N2O3S. The maximum absolute atomic E-state index is 10.9. The van der Waals surface area contributed by atoms with Gasteiger partial charge in [-0.25, -0.2) is 4.98 Å². The maximum Gasteiger partial charge on any atom is 0.310 e. The first-order valence-corrected chi connectivity index (χ1v) is 7.10. The molecule has 0 aliphatic rings. The van der Waals surface area contributed by atoms with Crippen LogP contribution in [0.15, 0.2) is 36.4 Å². The third-order valence-corrected chi connectivity index (χ3v) is 4.23. The van der Waals surface area contributed by atoms with Gasteiger partial charge in [-0.1, -0.05) is 6.07 Å². The van der Waals surface area contributed by atoms with Gasteiger partial charge in [-0.05, 0) is 36.8 Å². The average molecular weight is 300 g/mol. The molecule has 3 rings (SSSR count). The van der Waals surface area contributed by atoms with Crippen molar-refractivity contribution in [2.75, 3.05) is 7.11 Å². The Balaban J connectivity index is 2.11. The molecule has 0 saturated heterocycles. The molecule has 5 nitrogen and oxygen atoms in total. The van der Waals surface area contributed by atoms with E-state index in [1.54, 1.807) is 23.5 Å². The molecule has 3 aromatic rings. The number of fused-ring (bicyclic) bond motifs is 1. The summed E-state index contributed by atoms with van der Waals surface area (Å²) in [6.07, 6.45) is 0. The summed E-state index contributed by atoms with van der Waals surface area (Å²) in [6.45, 7) is 2.04. The minimum absolute atomic E-state index is 0.0433. The molecule has 106 valence electrons. The molecule has 0 aliphatic heterocycles. The fourth-order valence-corrected chi connectivity index (χ4v) is 3.18. The van der Waals surface area contributed by atoms with E-state index < -0.39 is 4.92 Å². The third kappa shape index (κ3) is 2.45. The van der Waals surface area contributed by atoms with Gasteiger partial charge in [-0.2, -0.15) is 0 Å². The molecule has 1 aromatic heterocycles. The molecule has 0 aliphatic carbocycles. The first-order chi connectivity index (χ1) is 10.1. The molecule has 2 aromatic carbocycles. The van der Waals surface area contributed by atoms with E-state index in [2.05, 4.69) is 11.1 Å². The Kier molecular flexibility index (Phi) is 3.31. The van der Waals surface area contributed by atoms with Gasteiger partial charge < -0.3 is 4.74 Å². The molecule has 0 spiro atoms. The summed E-state index contributed by atoms with van der Waals surface area (Å²) in [7, 11) is 1.42. The lowest BCUT2D eigenvalue weighted by Gasteiger charge is -2.03. The molecular weight excluding hydrogens is 288 g/mol. The molecule has 0 saturated carbocycles. The zero-order valence-corrected chi connectivity index (χ0v) is 12.3. The summed E-state index contributed by atoms with van der Waals surface area (Å²) in [5.41, 5.74) is 2.88. The van der Waals surface area contributed by atoms with Gasteiger partial charge in [0.15, 0.2) is 5.75 Å². The summed E-state index contributed by atoms with van der Waals surface area (Å²) in [6, 6.07) is 10.9. The minimum atomic E-state index is -0.454. The van der Waals surface area contributed by atoms with Crippen molar-refractivity contribution in [2.45, 2.75) is 6.92 Å². The second kappa shape index (κ2) is 5.14. The Morgan fingerprint density at radius 1 is 1.24 bits per heavy atom. The topological polar surface area (TPSA) is 65.3 Å². The lowest BCUT2D eigenvalue weighted by molar-refractivity contribution is -0.385. The van der Waals surface area contributed by atoms with E-state index in [0.717, 1.165) is 20.8 Å². The van der Waals surface area contributed by atoms with Crippen LogP contribution < -0.4 is 4.74 Å². The normalized spacial score (nSPS) is 10.8. The van der Waals surface area contributed by atoms with Gasteiger partial charge in [0.25, 0.3) is 0 Å². The number of nitro benzene ring substituents is 1. The van der Waals surface area contributed by atoms with E-state index in [1.807, 2.05) is 19.1 Å². The van der Waals surface area contributed by atoms with Gasteiger partial charge in [0.1, 0.15) is 5.01 Å². The zero-order valence-electron chi connectivity index (χ0n) is 11.5. The standard InChI is InChI=1S/C15H12N2O3S/c1-9-3-5-11-14(7-9)21-15(16-11)10-4-6-12(17(18)19)13(8-10)20-2/h3-8H,1-2H3. The second-order valence-electron chi connectivity index (χ2n) is 4.63. The Morgan fingerprint density at radius 2 is 2.05 bits per heavy atom. The molecule has 6 heteroatoms. The highest BCUT2D eigenvalue weighted by Gasteiger charge is 2.16. The van der Waals surface area contributed by atoms with Crippen LogP contribution in [0.4, 0.5) is 5.69 Å². The number of benzene rings is 2. The van der Waals surface area contributed by atoms with Crippen molar-refractivity contribution in [2.24, 2.45) is 0 Å². The minimum Gasteiger partial charge on any atom is -0.490 e. The Labute approximate surface area is 125 Å². The largest absolute Gasteiger partial charge is 0.490 e. The lowest BCUT2D eigenvalue weighted by atomic mass is 10.2. The van der Waals surface area contributed by atoms with Crippen molar-refractivity contribution in [1.82, 2.24) is 4.98 Å². The average Bonchev–Trinajstić information content (AvgIpc) is 2.89. The third-order valence-electron chi connectivity index (χ3n) is 3.17. The Morgan fingerprint density at radius 3 is 2.76 bits per heavy atom. The van der Waals surface area contributed by atoms with E-state index >= 15 is 0 Å². The van der Waals surface area contributed by atoms with Crippen LogP contribution >= 0.6 is 11.3 Å². The number of thiazole rings is 1. The zero-order chi connectivity index (χ0) is 15.0. The first kappa shape index (κ1) is 13.5. The van der Waals surface area contributed by atoms with Gasteiger partial charge in [0, 0.05) is 11.6 Å². The number of hydrogen-bond acceptors (Lipinski definition) is 5. The summed E-state index contributed by atoms with van der Waals surface area (Å²) in [5.74, 6) is 0.243. The van der Waals surface area contributed by atoms with Crippen molar-refractivity contribution < 1.29 is 9.66 Å². The predicted molar refractivity (Wildman–Crippen MR) is 83.0 cm³/mol. The van der Waals surface area contributed by atoms with Gasteiger partial charge in [-0.15, -0.1) is 11.3 Å². The van der Waals surface area contributed by atoms with E-state index in [-0.39, 0.29) is 11.4 Å². The molecule has 0 bridgehead atoms. The first-order valence-electron chi connectivity index (χ1n) is 6.28. The van der Waals surface area contributed by atoms with E-state index in [4.69, 9.17) is 4.74 Å². The van der Waals surface area contributed by atoms with Crippen molar-refractivity contribution in [1.29, 1.82) is 0 Å². The molecule has 0 N–H and O–H groups in total. The van der Waals surface area contributed by atoms with E-state index in [9.17, 15) is 10.1 Å². The number of hydrogen-bond donors (Lipinski definition) is 0. The van der Waals surface area contributed by atoms with E-state index in [1.165, 1.54) is 18.7 Å². The van der Waals surface area contributed by atoms with Gasteiger partial charge in [0.05, 0.1) is 22.2 Å². The quantitative estimate of drug-likeness (QED) is 0.537. The Bertz CT molecular complexity index is 842. The SMILES string of the molecule is COc1cc(-c2nc3ccc(C)cc3s2)ccc1[N+](=O)[O-]. The monoisotopic (exact) mass is 300 g/mol. The predicted octanol–water partition coefficient (Wildman–Crippen LogP) is 4.19. The van der Waals surface area contributed by atoms with Gasteiger partial charge in [-0.3, -0.25) is 10.1 Å². The highest BCUT2D eigenvalue weighted by atomic mass is 32.1. The molecule has 21 heavy (non-hydrogen) atoms. The van der Waals surface area contributed by atoms with Crippen LogP contribution in [0.2, 0.25) is 0 Å². The Hall–Kier alpha value is -2.47. The van der Waals surface area contributed by atoms with Crippen LogP contribution in [0.5, 0.6) is 5.75 Å². The van der Waals surface area contributed by atoms with Gasteiger partial charge >= 0.3 is 5.69 Å². The molecule has 0 amide bonds. The van der Waals surface area contributed by atoms with E-state index in [0.29, 0.717) is 0 Å². The highest BCUT2D eigenvalue weighted by Crippen LogP contribution is 2.35. The highest BCUT2D eigenvalue weighted by molar-refractivity contribution is 7.21. The van der Waals surface area contributed by atoms with Crippen molar-refractivity contribution in [3.63, 3.8) is 0 Å². The molecule has 0 atom stereocenters. The molecule has 0 radical (unpaired) electrons. The summed E-state index contributed by atoms with van der Waals surface area (Å²) >= 11 is 1.56. The summed E-state index contributed by atoms with van der Waals surface area (Å²) < 4.78 is 6.20. The van der Waals surface area contributed by atoms with Crippen LogP contribution in [0.1, 0.15) is 5.56 Å². The van der Waals surface area contributed by atoms with Crippen LogP contribution in [-0.2, 0) is 0 Å². The number of aryl methyl sites for hydroxylation is 1. The fourth-order valence-electron chi connectivity index (χ4n) is 2.12. The lowest BCUT2D eigenvalue weighted by Crippen LogP contribution is -1.93.